The van der Waals surface area contributed by atoms with Gasteiger partial charge in [-0.2, -0.15) is 0 Å². The van der Waals surface area contributed by atoms with Gasteiger partial charge in [0.1, 0.15) is 11.4 Å². The van der Waals surface area contributed by atoms with Crippen molar-refractivity contribution in [3.8, 4) is 0 Å². The van der Waals surface area contributed by atoms with Crippen LogP contribution in [0.25, 0.3) is 0 Å². The molecule has 1 saturated heterocycles. The average Bonchev–Trinajstić information content (AvgIpc) is 2.45. The van der Waals surface area contributed by atoms with E-state index < -0.39 is 5.60 Å². The maximum atomic E-state index is 12.2. The quantitative estimate of drug-likeness (QED) is 0.840. The van der Waals surface area contributed by atoms with Gasteiger partial charge in [0.05, 0.1) is 11.7 Å². The minimum absolute atomic E-state index is 0.130. The lowest BCUT2D eigenvalue weighted by atomic mass is 10.0. The Balaban J connectivity index is 2.04. The standard InChI is InChI=1S/C16H26N4O2/c1-12-14(18-9-8-17-12)20-10-6-7-13(11-20)19(5)15(21)22-16(2,3)4/h8-9,13H,6-7,10-11H2,1-5H3/t13-/m1/s1. The number of carbonyl (C=O) groups is 1. The van der Waals surface area contributed by atoms with Crippen LogP contribution in [0.4, 0.5) is 10.6 Å². The van der Waals surface area contributed by atoms with Crippen molar-refractivity contribution in [3.05, 3.63) is 18.1 Å². The summed E-state index contributed by atoms with van der Waals surface area (Å²) in [5.74, 6) is 0.907. The van der Waals surface area contributed by atoms with Crippen LogP contribution >= 0.6 is 0 Å². The van der Waals surface area contributed by atoms with Crippen LogP contribution in [0.1, 0.15) is 39.3 Å². The van der Waals surface area contributed by atoms with Crippen LogP contribution in [0.5, 0.6) is 0 Å². The first kappa shape index (κ1) is 16.5. The lowest BCUT2D eigenvalue weighted by Gasteiger charge is -2.38. The normalized spacial score (nSPS) is 19.0. The number of nitrogens with zero attached hydrogens (tertiary/aromatic N) is 4. The maximum Gasteiger partial charge on any atom is 0.410 e. The number of hydrogen-bond donors (Lipinski definition) is 0. The molecule has 1 aromatic heterocycles. The minimum atomic E-state index is -0.471. The van der Waals surface area contributed by atoms with E-state index in [9.17, 15) is 4.79 Å². The first-order valence-corrected chi connectivity index (χ1v) is 7.76. The molecule has 0 aliphatic carbocycles. The summed E-state index contributed by atoms with van der Waals surface area (Å²) < 4.78 is 5.46. The molecule has 1 fully saturated rings. The van der Waals surface area contributed by atoms with Crippen molar-refractivity contribution >= 4 is 11.9 Å². The van der Waals surface area contributed by atoms with Crippen LogP contribution in [0.2, 0.25) is 0 Å². The topological polar surface area (TPSA) is 58.6 Å². The van der Waals surface area contributed by atoms with Crippen LogP contribution in [0, 0.1) is 6.92 Å². The predicted molar refractivity (Wildman–Crippen MR) is 86.0 cm³/mol. The van der Waals surface area contributed by atoms with E-state index in [1.807, 2.05) is 34.7 Å². The molecule has 0 bridgehead atoms. The molecular formula is C16H26N4O2. The highest BCUT2D eigenvalue weighted by Gasteiger charge is 2.30. The smallest absolute Gasteiger partial charge is 0.410 e. The van der Waals surface area contributed by atoms with E-state index in [0.717, 1.165) is 37.4 Å². The van der Waals surface area contributed by atoms with Gasteiger partial charge in [-0.3, -0.25) is 4.98 Å². The SMILES string of the molecule is Cc1nccnc1N1CCC[C@@H](N(C)C(=O)OC(C)(C)C)C1. The van der Waals surface area contributed by atoms with Gasteiger partial charge >= 0.3 is 6.09 Å². The van der Waals surface area contributed by atoms with E-state index in [1.54, 1.807) is 17.3 Å². The van der Waals surface area contributed by atoms with Crippen molar-refractivity contribution in [2.75, 3.05) is 25.0 Å². The van der Waals surface area contributed by atoms with Crippen LogP contribution in [0.3, 0.4) is 0 Å². The van der Waals surface area contributed by atoms with E-state index in [4.69, 9.17) is 4.74 Å². The van der Waals surface area contributed by atoms with E-state index in [1.165, 1.54) is 0 Å². The molecule has 1 amide bonds. The number of likely N-dealkylation sites (N-methyl/N-ethyl adjacent to an activating group) is 1. The van der Waals surface area contributed by atoms with Crippen molar-refractivity contribution in [1.82, 2.24) is 14.9 Å². The Bertz CT molecular complexity index is 527. The van der Waals surface area contributed by atoms with E-state index >= 15 is 0 Å². The first-order valence-electron chi connectivity index (χ1n) is 7.76. The Kier molecular flexibility index (Phi) is 4.88. The molecule has 1 atom stereocenters. The molecule has 6 heteroatoms. The van der Waals surface area contributed by atoms with Gasteiger partial charge in [-0.1, -0.05) is 0 Å². The lowest BCUT2D eigenvalue weighted by molar-refractivity contribution is 0.0209. The lowest BCUT2D eigenvalue weighted by Crippen LogP contribution is -2.50. The minimum Gasteiger partial charge on any atom is -0.444 e. The van der Waals surface area contributed by atoms with Gasteiger partial charge in [0.25, 0.3) is 0 Å². The fourth-order valence-electron chi connectivity index (χ4n) is 2.66. The van der Waals surface area contributed by atoms with Crippen molar-refractivity contribution in [1.29, 1.82) is 0 Å². The number of carbonyl (C=O) groups excluding carboxylic acids is 1. The highest BCUT2D eigenvalue weighted by Crippen LogP contribution is 2.23. The summed E-state index contributed by atoms with van der Waals surface area (Å²) in [5, 5.41) is 0. The summed E-state index contributed by atoms with van der Waals surface area (Å²) in [7, 11) is 1.81. The van der Waals surface area contributed by atoms with Crippen molar-refractivity contribution in [2.24, 2.45) is 0 Å². The van der Waals surface area contributed by atoms with Crippen molar-refractivity contribution < 1.29 is 9.53 Å². The Hall–Kier alpha value is -1.85. The number of rotatable bonds is 2. The highest BCUT2D eigenvalue weighted by molar-refractivity contribution is 5.68. The molecule has 0 radical (unpaired) electrons. The number of hydrogen-bond acceptors (Lipinski definition) is 5. The zero-order chi connectivity index (χ0) is 16.3. The predicted octanol–water partition coefficient (Wildman–Crippen LogP) is 2.62. The van der Waals surface area contributed by atoms with Crippen LogP contribution in [-0.4, -0.2) is 52.7 Å². The molecule has 1 aliphatic heterocycles. The molecule has 1 aromatic rings. The number of anilines is 1. The van der Waals surface area contributed by atoms with Gasteiger partial charge in [0, 0.05) is 32.5 Å². The third kappa shape index (κ3) is 4.08. The monoisotopic (exact) mass is 306 g/mol. The summed E-state index contributed by atoms with van der Waals surface area (Å²) >= 11 is 0. The maximum absolute atomic E-state index is 12.2. The third-order valence-electron chi connectivity index (χ3n) is 3.78. The molecule has 1 aliphatic rings. The summed E-state index contributed by atoms with van der Waals surface area (Å²) in [4.78, 5) is 24.9. The van der Waals surface area contributed by atoms with E-state index in [0.29, 0.717) is 0 Å². The second-order valence-electron chi connectivity index (χ2n) is 6.80. The fraction of sp³-hybridized carbons (Fsp3) is 0.688. The number of aryl methyl sites for hydroxylation is 1. The summed E-state index contributed by atoms with van der Waals surface area (Å²) in [5.41, 5.74) is 0.448. The van der Waals surface area contributed by atoms with Crippen LogP contribution in [-0.2, 0) is 4.74 Å². The third-order valence-corrected chi connectivity index (χ3v) is 3.78. The van der Waals surface area contributed by atoms with Gasteiger partial charge in [-0.25, -0.2) is 9.78 Å². The number of ether oxygens (including phenoxy) is 1. The molecule has 6 nitrogen and oxygen atoms in total. The fourth-order valence-corrected chi connectivity index (χ4v) is 2.66. The Labute approximate surface area is 132 Å². The van der Waals surface area contributed by atoms with Gasteiger partial charge in [-0.15, -0.1) is 0 Å². The summed E-state index contributed by atoms with van der Waals surface area (Å²) in [6, 6.07) is 0.130. The molecule has 0 spiro atoms. The zero-order valence-corrected chi connectivity index (χ0v) is 14.2. The van der Waals surface area contributed by atoms with Crippen LogP contribution in [0.15, 0.2) is 12.4 Å². The van der Waals surface area contributed by atoms with Gasteiger partial charge in [-0.05, 0) is 40.5 Å². The summed E-state index contributed by atoms with van der Waals surface area (Å²) in [6.45, 7) is 9.31. The molecule has 2 rings (SSSR count). The molecule has 2 heterocycles. The van der Waals surface area contributed by atoms with Gasteiger partial charge in [0.15, 0.2) is 0 Å². The first-order chi connectivity index (χ1) is 10.3. The number of piperidine rings is 1. The molecular weight excluding hydrogens is 280 g/mol. The molecule has 0 aromatic carbocycles. The van der Waals surface area contributed by atoms with E-state index in [-0.39, 0.29) is 12.1 Å². The largest absolute Gasteiger partial charge is 0.444 e. The zero-order valence-electron chi connectivity index (χ0n) is 14.2. The van der Waals surface area contributed by atoms with Crippen LogP contribution < -0.4 is 4.90 Å². The van der Waals surface area contributed by atoms with Gasteiger partial charge in [0.2, 0.25) is 0 Å². The molecule has 122 valence electrons. The summed E-state index contributed by atoms with van der Waals surface area (Å²) in [6.07, 6.45) is 5.14. The molecule has 22 heavy (non-hydrogen) atoms. The number of aromatic nitrogens is 2. The second-order valence-corrected chi connectivity index (χ2v) is 6.80. The Morgan fingerprint density at radius 2 is 2.05 bits per heavy atom. The molecule has 0 saturated carbocycles. The highest BCUT2D eigenvalue weighted by atomic mass is 16.6. The second kappa shape index (κ2) is 6.50. The average molecular weight is 306 g/mol. The Morgan fingerprint density at radius 1 is 1.36 bits per heavy atom. The van der Waals surface area contributed by atoms with E-state index in [2.05, 4.69) is 14.9 Å². The molecule has 0 unspecified atom stereocenters. The molecule has 0 N–H and O–H groups in total. The van der Waals surface area contributed by atoms with Crippen molar-refractivity contribution in [3.63, 3.8) is 0 Å². The van der Waals surface area contributed by atoms with Gasteiger partial charge < -0.3 is 14.5 Å². The number of amides is 1. The Morgan fingerprint density at radius 3 is 2.68 bits per heavy atom. The van der Waals surface area contributed by atoms with Crippen molar-refractivity contribution in [2.45, 2.75) is 52.2 Å².